The summed E-state index contributed by atoms with van der Waals surface area (Å²) in [5, 5.41) is 11.9. The molecule has 0 bridgehead atoms. The number of nitrogens with one attached hydrogen (secondary N) is 1. The van der Waals surface area contributed by atoms with Gasteiger partial charge in [0.25, 0.3) is 0 Å². The Hall–Kier alpha value is -1.84. The molecule has 0 saturated heterocycles. The summed E-state index contributed by atoms with van der Waals surface area (Å²) in [6.45, 7) is 8.36. The molecule has 1 aromatic carbocycles. The molecule has 4 nitrogen and oxygen atoms in total. The lowest BCUT2D eigenvalue weighted by molar-refractivity contribution is -0.139. The Morgan fingerprint density at radius 1 is 1.10 bits per heavy atom. The molecule has 2 unspecified atom stereocenters. The molecular weight excluding hydrogens is 266 g/mol. The molecule has 114 valence electrons. The van der Waals surface area contributed by atoms with Crippen molar-refractivity contribution in [3.63, 3.8) is 0 Å². The largest absolute Gasteiger partial charge is 0.481 e. The lowest BCUT2D eigenvalue weighted by atomic mass is 9.92. The number of amides is 1. The van der Waals surface area contributed by atoms with Crippen molar-refractivity contribution in [3.8, 4) is 0 Å². The zero-order chi connectivity index (χ0) is 15.7. The predicted octanol–water partition coefficient (Wildman–Crippen LogP) is 3.59. The fraction of sp³-hybridized carbons (Fsp3) is 0.529. The molecule has 1 fully saturated rings. The summed E-state index contributed by atoms with van der Waals surface area (Å²) in [6.07, 6.45) is 0.446. The van der Waals surface area contributed by atoms with Gasteiger partial charge in [0.15, 0.2) is 0 Å². The van der Waals surface area contributed by atoms with E-state index in [-0.39, 0.29) is 11.8 Å². The van der Waals surface area contributed by atoms with Crippen molar-refractivity contribution in [1.29, 1.82) is 0 Å². The van der Waals surface area contributed by atoms with Crippen LogP contribution in [-0.4, -0.2) is 17.0 Å². The van der Waals surface area contributed by atoms with Crippen molar-refractivity contribution in [2.24, 2.45) is 11.8 Å². The summed E-state index contributed by atoms with van der Waals surface area (Å²) in [6, 6.07) is 6.05. The highest BCUT2D eigenvalue weighted by molar-refractivity contribution is 5.99. The summed E-state index contributed by atoms with van der Waals surface area (Å²) >= 11 is 0. The van der Waals surface area contributed by atoms with Crippen LogP contribution in [0.15, 0.2) is 18.2 Å². The molecule has 1 aliphatic rings. The number of carboxylic acid groups (broad SMARTS) is 1. The van der Waals surface area contributed by atoms with Gasteiger partial charge in [-0.2, -0.15) is 0 Å². The van der Waals surface area contributed by atoms with Gasteiger partial charge in [-0.25, -0.2) is 0 Å². The Bertz CT molecular complexity index is 537. The predicted molar refractivity (Wildman–Crippen MR) is 82.5 cm³/mol. The quantitative estimate of drug-likeness (QED) is 0.870. The molecule has 1 aromatic rings. The number of carbonyl (C=O) groups excluding carboxylic acids is 1. The van der Waals surface area contributed by atoms with Gasteiger partial charge >= 0.3 is 5.97 Å². The van der Waals surface area contributed by atoms with Gasteiger partial charge < -0.3 is 10.4 Å². The summed E-state index contributed by atoms with van der Waals surface area (Å²) in [7, 11) is 0. The molecule has 0 radical (unpaired) electrons. The summed E-state index contributed by atoms with van der Waals surface area (Å²) in [4.78, 5) is 23.2. The van der Waals surface area contributed by atoms with Gasteiger partial charge in [0.2, 0.25) is 5.91 Å². The molecule has 21 heavy (non-hydrogen) atoms. The number of hydrogen-bond donors (Lipinski definition) is 2. The second kappa shape index (κ2) is 5.88. The van der Waals surface area contributed by atoms with Crippen LogP contribution in [-0.2, 0) is 9.59 Å². The summed E-state index contributed by atoms with van der Waals surface area (Å²) in [5.74, 6) is -1.35. The van der Waals surface area contributed by atoms with Gasteiger partial charge in [0.1, 0.15) is 0 Å². The molecule has 0 aliphatic heterocycles. The third-order valence-electron chi connectivity index (χ3n) is 4.07. The smallest absolute Gasteiger partial charge is 0.307 e. The third kappa shape index (κ3) is 3.26. The number of para-hydroxylation sites is 1. The van der Waals surface area contributed by atoms with Crippen molar-refractivity contribution in [2.75, 3.05) is 5.32 Å². The maximum absolute atomic E-state index is 12.3. The van der Waals surface area contributed by atoms with Crippen LogP contribution in [0, 0.1) is 11.8 Å². The Labute approximate surface area is 125 Å². The van der Waals surface area contributed by atoms with Crippen LogP contribution < -0.4 is 5.32 Å². The molecule has 0 spiro atoms. The average molecular weight is 289 g/mol. The van der Waals surface area contributed by atoms with E-state index in [1.54, 1.807) is 0 Å². The molecule has 1 saturated carbocycles. The molecule has 1 aliphatic carbocycles. The molecule has 4 heteroatoms. The van der Waals surface area contributed by atoms with E-state index < -0.39 is 11.9 Å². The minimum absolute atomic E-state index is 0.169. The highest BCUT2D eigenvalue weighted by Gasteiger charge is 2.48. The zero-order valence-electron chi connectivity index (χ0n) is 13.0. The molecule has 1 amide bonds. The molecule has 2 N–H and O–H groups in total. The average Bonchev–Trinajstić information content (AvgIpc) is 3.18. The maximum atomic E-state index is 12.3. The first-order valence-corrected chi connectivity index (χ1v) is 7.49. The molecule has 0 aromatic heterocycles. The maximum Gasteiger partial charge on any atom is 0.307 e. The Kier molecular flexibility index (Phi) is 4.35. The minimum Gasteiger partial charge on any atom is -0.481 e. The first-order chi connectivity index (χ1) is 9.82. The van der Waals surface area contributed by atoms with E-state index in [1.165, 1.54) is 0 Å². The van der Waals surface area contributed by atoms with E-state index in [0.717, 1.165) is 16.8 Å². The standard InChI is InChI=1S/C17H23NO3/c1-9(2)11-6-5-7-12(10(3)4)15(11)18-16(19)13-8-14(13)17(20)21/h5-7,9-10,13-14H,8H2,1-4H3,(H,18,19)(H,20,21). The molecule has 0 heterocycles. The topological polar surface area (TPSA) is 66.4 Å². The van der Waals surface area contributed by atoms with E-state index in [1.807, 2.05) is 18.2 Å². The van der Waals surface area contributed by atoms with Crippen LogP contribution in [0.25, 0.3) is 0 Å². The van der Waals surface area contributed by atoms with Crippen LogP contribution in [0.5, 0.6) is 0 Å². The SMILES string of the molecule is CC(C)c1cccc(C(C)C)c1NC(=O)C1CC1C(=O)O. The van der Waals surface area contributed by atoms with Crippen LogP contribution in [0.1, 0.15) is 57.1 Å². The Balaban J connectivity index is 2.26. The zero-order valence-corrected chi connectivity index (χ0v) is 13.0. The van der Waals surface area contributed by atoms with Crippen LogP contribution >= 0.6 is 0 Å². The van der Waals surface area contributed by atoms with Crippen molar-refractivity contribution in [2.45, 2.75) is 46.0 Å². The van der Waals surface area contributed by atoms with Gasteiger partial charge in [-0.05, 0) is 29.4 Å². The first-order valence-electron chi connectivity index (χ1n) is 7.49. The number of aliphatic carboxylic acids is 1. The second-order valence-electron chi connectivity index (χ2n) is 6.40. The number of carboxylic acids is 1. The lowest BCUT2D eigenvalue weighted by Crippen LogP contribution is -2.19. The monoisotopic (exact) mass is 289 g/mol. The number of benzene rings is 1. The fourth-order valence-corrected chi connectivity index (χ4v) is 2.67. The minimum atomic E-state index is -0.878. The summed E-state index contributed by atoms with van der Waals surface area (Å²) in [5.41, 5.74) is 3.06. The molecular formula is C17H23NO3. The van der Waals surface area contributed by atoms with Gasteiger partial charge in [0, 0.05) is 5.69 Å². The highest BCUT2D eigenvalue weighted by atomic mass is 16.4. The van der Waals surface area contributed by atoms with Crippen molar-refractivity contribution >= 4 is 17.6 Å². The van der Waals surface area contributed by atoms with Crippen molar-refractivity contribution < 1.29 is 14.7 Å². The van der Waals surface area contributed by atoms with Crippen molar-refractivity contribution in [1.82, 2.24) is 0 Å². The Morgan fingerprint density at radius 3 is 2.00 bits per heavy atom. The number of carbonyl (C=O) groups is 2. The van der Waals surface area contributed by atoms with Crippen LogP contribution in [0.3, 0.4) is 0 Å². The van der Waals surface area contributed by atoms with Gasteiger partial charge in [-0.15, -0.1) is 0 Å². The number of rotatable bonds is 5. The normalized spacial score (nSPS) is 20.7. The van der Waals surface area contributed by atoms with E-state index in [9.17, 15) is 9.59 Å². The van der Waals surface area contributed by atoms with Crippen LogP contribution in [0.2, 0.25) is 0 Å². The lowest BCUT2D eigenvalue weighted by Gasteiger charge is -2.20. The molecule has 2 rings (SSSR count). The van der Waals surface area contributed by atoms with Crippen LogP contribution in [0.4, 0.5) is 5.69 Å². The number of anilines is 1. The van der Waals surface area contributed by atoms with Crippen molar-refractivity contribution in [3.05, 3.63) is 29.3 Å². The first kappa shape index (κ1) is 15.5. The number of hydrogen-bond acceptors (Lipinski definition) is 2. The fourth-order valence-electron chi connectivity index (χ4n) is 2.67. The van der Waals surface area contributed by atoms with E-state index >= 15 is 0 Å². The summed E-state index contributed by atoms with van der Waals surface area (Å²) < 4.78 is 0. The second-order valence-corrected chi connectivity index (χ2v) is 6.40. The van der Waals surface area contributed by atoms with E-state index in [4.69, 9.17) is 5.11 Å². The van der Waals surface area contributed by atoms with E-state index in [2.05, 4.69) is 33.0 Å². The van der Waals surface area contributed by atoms with Gasteiger partial charge in [-0.1, -0.05) is 45.9 Å². The van der Waals surface area contributed by atoms with E-state index in [0.29, 0.717) is 18.3 Å². The Morgan fingerprint density at radius 2 is 1.62 bits per heavy atom. The molecule has 2 atom stereocenters. The third-order valence-corrected chi connectivity index (χ3v) is 4.07. The van der Waals surface area contributed by atoms with Gasteiger partial charge in [-0.3, -0.25) is 9.59 Å². The highest BCUT2D eigenvalue weighted by Crippen LogP contribution is 2.41. The van der Waals surface area contributed by atoms with Gasteiger partial charge in [0.05, 0.1) is 11.8 Å².